The van der Waals surface area contributed by atoms with Gasteiger partial charge in [0.1, 0.15) is 5.70 Å². The van der Waals surface area contributed by atoms with Crippen LogP contribution < -0.4 is 4.90 Å². The topological polar surface area (TPSA) is 59.0 Å². The van der Waals surface area contributed by atoms with Crippen LogP contribution in [0.4, 0.5) is 5.69 Å². The van der Waals surface area contributed by atoms with Gasteiger partial charge in [0.2, 0.25) is 0 Å². The summed E-state index contributed by atoms with van der Waals surface area (Å²) in [5.74, 6) is 0.349. The van der Waals surface area contributed by atoms with Crippen molar-refractivity contribution in [3.63, 3.8) is 0 Å². The maximum absolute atomic E-state index is 13.2. The molecule has 2 aromatic rings. The molecule has 0 saturated heterocycles. The Bertz CT molecular complexity index is 980. The summed E-state index contributed by atoms with van der Waals surface area (Å²) in [6, 6.07) is 14.8. The first kappa shape index (κ1) is 21.8. The van der Waals surface area contributed by atoms with Gasteiger partial charge < -0.3 is 4.74 Å². The number of amidine groups is 1. The van der Waals surface area contributed by atoms with E-state index in [1.165, 1.54) is 0 Å². The minimum Gasteiger partial charge on any atom is -0.462 e. The van der Waals surface area contributed by atoms with Crippen LogP contribution in [0.15, 0.2) is 59.2 Å². The normalized spacial score (nSPS) is 14.9. The number of unbranched alkanes of at least 4 members (excludes halogenated alkanes) is 1. The predicted octanol–water partition coefficient (Wildman–Crippen LogP) is 5.45. The number of amides is 1. The fourth-order valence-corrected chi connectivity index (χ4v) is 4.08. The number of thioether (sulfide) groups is 1. The lowest BCUT2D eigenvalue weighted by Crippen LogP contribution is -2.30. The molecule has 0 aliphatic carbocycles. The molecule has 0 bridgehead atoms. The van der Waals surface area contributed by atoms with Gasteiger partial charge in [-0.15, -0.1) is 0 Å². The lowest BCUT2D eigenvalue weighted by Gasteiger charge is -2.18. The fraction of sp³-hybridized carbons (Fsp3) is 0.292. The number of anilines is 1. The zero-order valence-electron chi connectivity index (χ0n) is 17.6. The number of hydrogen-bond acceptors (Lipinski definition) is 5. The lowest BCUT2D eigenvalue weighted by molar-refractivity contribution is -0.113. The molecule has 2 aromatic carbocycles. The average molecular weight is 423 g/mol. The van der Waals surface area contributed by atoms with Crippen molar-refractivity contribution >= 4 is 40.6 Å². The summed E-state index contributed by atoms with van der Waals surface area (Å²) in [4.78, 5) is 31.4. The Morgan fingerprint density at radius 3 is 2.53 bits per heavy atom. The summed E-state index contributed by atoms with van der Waals surface area (Å²) in [6.07, 6.45) is 3.96. The van der Waals surface area contributed by atoms with E-state index in [1.807, 2.05) is 37.3 Å². The number of ether oxygens (including phenoxy) is 1. The number of nitrogens with zero attached hydrogens (tertiary/aromatic N) is 2. The number of aliphatic imine (C=N–C) groups is 1. The molecule has 0 atom stereocenters. The second-order valence-corrected chi connectivity index (χ2v) is 7.95. The lowest BCUT2D eigenvalue weighted by atomic mass is 10.1. The number of hydrogen-bond donors (Lipinski definition) is 0. The smallest absolute Gasteiger partial charge is 0.338 e. The van der Waals surface area contributed by atoms with E-state index in [0.717, 1.165) is 29.7 Å². The van der Waals surface area contributed by atoms with Crippen molar-refractivity contribution in [2.24, 2.45) is 4.99 Å². The third-order valence-electron chi connectivity index (χ3n) is 4.68. The van der Waals surface area contributed by atoms with Crippen LogP contribution in [0.5, 0.6) is 0 Å². The van der Waals surface area contributed by atoms with Crippen LogP contribution in [0, 0.1) is 6.92 Å². The summed E-state index contributed by atoms with van der Waals surface area (Å²) in [7, 11) is 0. The molecule has 6 heteroatoms. The number of benzene rings is 2. The third kappa shape index (κ3) is 5.00. The van der Waals surface area contributed by atoms with Crippen molar-refractivity contribution < 1.29 is 14.3 Å². The summed E-state index contributed by atoms with van der Waals surface area (Å²) in [5.41, 5.74) is 3.62. The van der Waals surface area contributed by atoms with E-state index in [-0.39, 0.29) is 11.9 Å². The van der Waals surface area contributed by atoms with E-state index >= 15 is 0 Å². The van der Waals surface area contributed by atoms with E-state index in [1.54, 1.807) is 47.9 Å². The SMILES string of the molecule is CCCCSC1=N/C(=C\c2ccccc2C)C(=O)N1c1ccc(C(=O)OCC)cc1. The maximum atomic E-state index is 13.2. The first-order valence-corrected chi connectivity index (χ1v) is 11.1. The molecule has 1 aliphatic rings. The number of aryl methyl sites for hydroxylation is 1. The van der Waals surface area contributed by atoms with E-state index in [4.69, 9.17) is 4.74 Å². The highest BCUT2D eigenvalue weighted by atomic mass is 32.2. The molecule has 1 amide bonds. The first-order valence-electron chi connectivity index (χ1n) is 10.2. The van der Waals surface area contributed by atoms with Crippen LogP contribution in [0.2, 0.25) is 0 Å². The minimum absolute atomic E-state index is 0.166. The maximum Gasteiger partial charge on any atom is 0.338 e. The summed E-state index contributed by atoms with van der Waals surface area (Å²) < 4.78 is 5.04. The molecule has 0 unspecified atom stereocenters. The highest BCUT2D eigenvalue weighted by Gasteiger charge is 2.32. The number of carbonyl (C=O) groups is 2. The molecule has 156 valence electrons. The highest BCUT2D eigenvalue weighted by molar-refractivity contribution is 8.14. The van der Waals surface area contributed by atoms with Crippen LogP contribution in [0.3, 0.4) is 0 Å². The van der Waals surface area contributed by atoms with Gasteiger partial charge in [-0.3, -0.25) is 9.69 Å². The number of rotatable bonds is 7. The first-order chi connectivity index (χ1) is 14.5. The standard InChI is InChI=1S/C24H26N2O3S/c1-4-6-15-30-24-25-21(16-19-10-8-7-9-17(19)3)22(27)26(24)20-13-11-18(12-14-20)23(28)29-5-2/h7-14,16H,4-6,15H2,1-3H3/b21-16-. The van der Waals surface area contributed by atoms with Crippen LogP contribution in [0.1, 0.15) is 48.2 Å². The van der Waals surface area contributed by atoms with Crippen LogP contribution >= 0.6 is 11.8 Å². The summed E-state index contributed by atoms with van der Waals surface area (Å²) in [5, 5.41) is 0.664. The van der Waals surface area contributed by atoms with Gasteiger partial charge >= 0.3 is 5.97 Å². The second kappa shape index (κ2) is 10.3. The molecule has 0 radical (unpaired) electrons. The molecule has 0 N–H and O–H groups in total. The molecule has 0 aromatic heterocycles. The second-order valence-electron chi connectivity index (χ2n) is 6.89. The molecular weight excluding hydrogens is 396 g/mol. The molecule has 30 heavy (non-hydrogen) atoms. The van der Waals surface area contributed by atoms with Crippen molar-refractivity contribution in [2.45, 2.75) is 33.6 Å². The van der Waals surface area contributed by atoms with Gasteiger partial charge in [-0.2, -0.15) is 0 Å². The Kier molecular flexibility index (Phi) is 7.46. The average Bonchev–Trinajstić information content (AvgIpc) is 3.05. The van der Waals surface area contributed by atoms with Crippen molar-refractivity contribution in [1.82, 2.24) is 0 Å². The fourth-order valence-electron chi connectivity index (χ4n) is 2.99. The van der Waals surface area contributed by atoms with Crippen LogP contribution in [-0.2, 0) is 9.53 Å². The highest BCUT2D eigenvalue weighted by Crippen LogP contribution is 2.30. The molecule has 0 spiro atoms. The van der Waals surface area contributed by atoms with Gasteiger partial charge in [0, 0.05) is 5.75 Å². The predicted molar refractivity (Wildman–Crippen MR) is 124 cm³/mol. The zero-order valence-corrected chi connectivity index (χ0v) is 18.4. The Balaban J connectivity index is 1.92. The Morgan fingerprint density at radius 2 is 1.87 bits per heavy atom. The van der Waals surface area contributed by atoms with E-state index < -0.39 is 0 Å². The third-order valence-corrected chi connectivity index (χ3v) is 5.70. The number of esters is 1. The van der Waals surface area contributed by atoms with E-state index in [9.17, 15) is 9.59 Å². The molecule has 5 nitrogen and oxygen atoms in total. The van der Waals surface area contributed by atoms with Crippen molar-refractivity contribution in [3.05, 3.63) is 70.9 Å². The Labute approximate surface area is 181 Å². The molecule has 0 saturated carbocycles. The van der Waals surface area contributed by atoms with Crippen LogP contribution in [0.25, 0.3) is 6.08 Å². The van der Waals surface area contributed by atoms with Gasteiger partial charge in [-0.05, 0) is 61.7 Å². The Hall–Kier alpha value is -2.86. The van der Waals surface area contributed by atoms with Crippen molar-refractivity contribution in [3.8, 4) is 0 Å². The molecule has 1 aliphatic heterocycles. The van der Waals surface area contributed by atoms with Gasteiger partial charge in [-0.1, -0.05) is 49.4 Å². The van der Waals surface area contributed by atoms with Gasteiger partial charge in [0.25, 0.3) is 5.91 Å². The molecule has 3 rings (SSSR count). The zero-order chi connectivity index (χ0) is 21.5. The number of carbonyl (C=O) groups excluding carboxylic acids is 2. The van der Waals surface area contributed by atoms with Crippen molar-refractivity contribution in [2.75, 3.05) is 17.3 Å². The molecular formula is C24H26N2O3S. The summed E-state index contributed by atoms with van der Waals surface area (Å²) >= 11 is 1.58. The van der Waals surface area contributed by atoms with Crippen LogP contribution in [-0.4, -0.2) is 29.4 Å². The monoisotopic (exact) mass is 422 g/mol. The van der Waals surface area contributed by atoms with Gasteiger partial charge in [0.15, 0.2) is 5.17 Å². The Morgan fingerprint density at radius 1 is 1.13 bits per heavy atom. The van der Waals surface area contributed by atoms with Gasteiger partial charge in [0.05, 0.1) is 17.9 Å². The summed E-state index contributed by atoms with van der Waals surface area (Å²) in [6.45, 7) is 6.24. The largest absolute Gasteiger partial charge is 0.462 e. The minimum atomic E-state index is -0.372. The van der Waals surface area contributed by atoms with Gasteiger partial charge in [-0.25, -0.2) is 9.79 Å². The van der Waals surface area contributed by atoms with E-state index in [0.29, 0.717) is 28.7 Å². The quantitative estimate of drug-likeness (QED) is 0.338. The van der Waals surface area contributed by atoms with E-state index in [2.05, 4.69) is 11.9 Å². The molecule has 1 heterocycles. The molecule has 0 fully saturated rings. The van der Waals surface area contributed by atoms with Crippen molar-refractivity contribution in [1.29, 1.82) is 0 Å².